The summed E-state index contributed by atoms with van der Waals surface area (Å²) in [6.45, 7) is 0. The number of halogens is 12. The molecule has 0 saturated heterocycles. The molecular weight excluding hydrogens is 740 g/mol. The molecule has 0 saturated carbocycles. The third kappa shape index (κ3) is 6.13. The van der Waals surface area contributed by atoms with Gasteiger partial charge in [-0.2, -0.15) is 73.2 Å². The van der Waals surface area contributed by atoms with E-state index in [4.69, 9.17) is 0 Å². The maximum atomic E-state index is 13.6. The van der Waals surface area contributed by atoms with Gasteiger partial charge in [-0.1, -0.05) is 24.3 Å². The fourth-order valence-electron chi connectivity index (χ4n) is 6.62. The summed E-state index contributed by atoms with van der Waals surface area (Å²) in [5.74, 6) is 0. The van der Waals surface area contributed by atoms with E-state index in [1.54, 1.807) is 24.5 Å². The van der Waals surface area contributed by atoms with E-state index in [2.05, 4.69) is 9.98 Å². The number of fused-ring (bicyclic) bond motifs is 6. The lowest BCUT2D eigenvalue weighted by molar-refractivity contribution is -0.144. The van der Waals surface area contributed by atoms with Crippen molar-refractivity contribution in [2.24, 2.45) is 9.98 Å². The van der Waals surface area contributed by atoms with Gasteiger partial charge in [0.15, 0.2) is 0 Å². The number of nitriles is 2. The van der Waals surface area contributed by atoms with E-state index in [-0.39, 0.29) is 44.7 Å². The number of rotatable bonds is 2. The van der Waals surface area contributed by atoms with Gasteiger partial charge in [-0.15, -0.1) is 0 Å². The molecule has 0 amide bonds. The Labute approximate surface area is 293 Å². The first-order valence-electron chi connectivity index (χ1n) is 15.2. The summed E-state index contributed by atoms with van der Waals surface area (Å²) in [5, 5.41) is 21.7. The van der Waals surface area contributed by atoms with Crippen LogP contribution in [-0.2, 0) is 24.7 Å². The summed E-state index contributed by atoms with van der Waals surface area (Å²) in [5.41, 5.74) is -7.04. The standard InChI is InChI=1S/C38H14F12N4/c39-35(40,41)21-5-19(6-22(11-21)36(42,43)44)17-1-3-25-27-13-32-28(14-31(27)33(53-15-51)29(25)9-17)26-4-2-18(10-30(26)34(32)54-16-52)20-7-23(37(45,46)47)12-24(8-20)38(48,49)50/h1-14H/b53-33+,54-34+. The minimum Gasteiger partial charge on any atom is -0.172 e. The van der Waals surface area contributed by atoms with Crippen molar-refractivity contribution < 1.29 is 52.7 Å². The molecule has 0 radical (unpaired) electrons. The summed E-state index contributed by atoms with van der Waals surface area (Å²) in [7, 11) is 0. The molecule has 7 aromatic rings. The van der Waals surface area contributed by atoms with E-state index >= 15 is 0 Å². The molecule has 4 nitrogen and oxygen atoms in total. The van der Waals surface area contributed by atoms with Crippen LogP contribution in [0.1, 0.15) is 22.3 Å². The van der Waals surface area contributed by atoms with Gasteiger partial charge in [-0.3, -0.25) is 0 Å². The molecule has 0 fully saturated rings. The maximum Gasteiger partial charge on any atom is 0.416 e. The van der Waals surface area contributed by atoms with Crippen LogP contribution in [-0.4, -0.2) is 0 Å². The predicted molar refractivity (Wildman–Crippen MR) is 172 cm³/mol. The summed E-state index contributed by atoms with van der Waals surface area (Å²) >= 11 is 0. The van der Waals surface area contributed by atoms with Gasteiger partial charge in [0.25, 0.3) is 0 Å². The van der Waals surface area contributed by atoms with Gasteiger partial charge in [-0.25, -0.2) is 0 Å². The van der Waals surface area contributed by atoms with Crippen molar-refractivity contribution in [1.29, 1.82) is 10.5 Å². The highest BCUT2D eigenvalue weighted by molar-refractivity contribution is 6.21. The Kier molecular flexibility index (Phi) is 8.03. The Morgan fingerprint density at radius 2 is 0.630 bits per heavy atom. The molecule has 16 heteroatoms. The lowest BCUT2D eigenvalue weighted by atomic mass is 9.97. The smallest absolute Gasteiger partial charge is 0.172 e. The lowest BCUT2D eigenvalue weighted by Crippen LogP contribution is -2.11. The Morgan fingerprint density at radius 3 is 0.907 bits per heavy atom. The van der Waals surface area contributed by atoms with Crippen molar-refractivity contribution in [2.45, 2.75) is 24.7 Å². The predicted octanol–water partition coefficient (Wildman–Crippen LogP) is 11.3. The van der Waals surface area contributed by atoms with Crippen LogP contribution in [0.3, 0.4) is 0 Å². The van der Waals surface area contributed by atoms with Gasteiger partial charge in [0, 0.05) is 21.5 Å². The highest BCUT2D eigenvalue weighted by Gasteiger charge is 2.38. The zero-order valence-electron chi connectivity index (χ0n) is 26.4. The number of hydrogen-bond donors (Lipinski definition) is 0. The van der Waals surface area contributed by atoms with E-state index in [0.717, 1.165) is 0 Å². The average molecular weight is 755 g/mol. The molecule has 0 aliphatic heterocycles. The van der Waals surface area contributed by atoms with Crippen LogP contribution in [0.15, 0.2) is 94.9 Å². The summed E-state index contributed by atoms with van der Waals surface area (Å²) < 4.78 is 163. The molecule has 0 aliphatic carbocycles. The van der Waals surface area contributed by atoms with Gasteiger partial charge in [0.05, 0.1) is 33.0 Å². The van der Waals surface area contributed by atoms with Crippen molar-refractivity contribution >= 4 is 43.1 Å². The van der Waals surface area contributed by atoms with Crippen LogP contribution in [0.5, 0.6) is 0 Å². The monoisotopic (exact) mass is 754 g/mol. The molecule has 7 rings (SSSR count). The molecule has 0 unspecified atom stereocenters. The number of alkyl halides is 12. The van der Waals surface area contributed by atoms with Crippen LogP contribution in [0.25, 0.3) is 65.3 Å². The minimum atomic E-state index is -5.10. The van der Waals surface area contributed by atoms with E-state index in [1.165, 1.54) is 36.4 Å². The van der Waals surface area contributed by atoms with Gasteiger partial charge in [-0.05, 0) is 104 Å². The van der Waals surface area contributed by atoms with Gasteiger partial charge in [0.2, 0.25) is 12.4 Å². The van der Waals surface area contributed by atoms with E-state index in [0.29, 0.717) is 56.6 Å². The van der Waals surface area contributed by atoms with E-state index in [9.17, 15) is 63.2 Å². The lowest BCUT2D eigenvalue weighted by Gasteiger charge is -2.14. The number of hydrogen-bond acceptors (Lipinski definition) is 4. The minimum absolute atomic E-state index is 0.00259. The van der Waals surface area contributed by atoms with Crippen molar-refractivity contribution in [1.82, 2.24) is 0 Å². The van der Waals surface area contributed by atoms with Crippen LogP contribution in [0.4, 0.5) is 52.7 Å². The quantitative estimate of drug-likeness (QED) is 0.130. The van der Waals surface area contributed by atoms with Gasteiger partial charge in [0.1, 0.15) is 0 Å². The normalized spacial score (nSPS) is 13.7. The van der Waals surface area contributed by atoms with Crippen molar-refractivity contribution in [3.05, 3.63) is 118 Å². The third-order valence-electron chi connectivity index (χ3n) is 8.96. The summed E-state index contributed by atoms with van der Waals surface area (Å²) in [4.78, 5) is 7.79. The second kappa shape index (κ2) is 12.1. The van der Waals surface area contributed by atoms with Gasteiger partial charge < -0.3 is 0 Å². The molecule has 0 bridgehead atoms. The first-order chi connectivity index (χ1) is 25.2. The molecule has 7 aromatic carbocycles. The first kappa shape index (κ1) is 36.0. The first-order valence-corrected chi connectivity index (χ1v) is 15.2. The van der Waals surface area contributed by atoms with Crippen LogP contribution in [0, 0.1) is 22.9 Å². The average Bonchev–Trinajstić information content (AvgIpc) is 3.56. The molecular formula is C38H14F12N4. The zero-order chi connectivity index (χ0) is 39.1. The molecule has 0 aliphatic rings. The summed E-state index contributed by atoms with van der Waals surface area (Å²) in [6.07, 6.45) is -17.1. The highest BCUT2D eigenvalue weighted by Crippen LogP contribution is 2.42. The van der Waals surface area contributed by atoms with E-state index < -0.39 is 58.1 Å². The number of nitrogens with zero attached hydrogens (tertiary/aromatic N) is 4. The molecule has 0 spiro atoms. The number of benzene rings is 5. The Morgan fingerprint density at radius 1 is 0.333 bits per heavy atom. The molecule has 0 aromatic heterocycles. The molecule has 0 heterocycles. The fraction of sp³-hybridized carbons (Fsp3) is 0.105. The topological polar surface area (TPSA) is 72.3 Å². The van der Waals surface area contributed by atoms with Crippen LogP contribution in [0.2, 0.25) is 0 Å². The molecule has 270 valence electrons. The molecule has 0 N–H and O–H groups in total. The van der Waals surface area contributed by atoms with Gasteiger partial charge >= 0.3 is 24.7 Å². The fourth-order valence-corrected chi connectivity index (χ4v) is 6.62. The van der Waals surface area contributed by atoms with Crippen molar-refractivity contribution in [2.75, 3.05) is 0 Å². The van der Waals surface area contributed by atoms with E-state index in [1.807, 2.05) is 0 Å². The Balaban J connectivity index is 1.48. The Hall–Kier alpha value is -6.42. The Bertz CT molecular complexity index is 2640. The second-order valence-corrected chi connectivity index (χ2v) is 12.2. The van der Waals surface area contributed by atoms with Crippen LogP contribution < -0.4 is 10.7 Å². The highest BCUT2D eigenvalue weighted by atomic mass is 19.4. The molecule has 54 heavy (non-hydrogen) atoms. The SMILES string of the molecule is N#C/N=c1\c2cc(-c3cc(C(F)(F)F)cc(C(F)(F)F)c3)ccc2c2cc3/c(=N/C#N)c4cc(-c5cc(C(F)(F)F)cc(C(F)(F)F)c5)ccc4c3cc12. The third-order valence-corrected chi connectivity index (χ3v) is 8.96. The molecule has 0 atom stereocenters. The maximum absolute atomic E-state index is 13.6. The van der Waals surface area contributed by atoms with Crippen LogP contribution >= 0.6 is 0 Å². The van der Waals surface area contributed by atoms with Crippen molar-refractivity contribution in [3.63, 3.8) is 0 Å². The van der Waals surface area contributed by atoms with Crippen molar-refractivity contribution in [3.8, 4) is 34.6 Å². The largest absolute Gasteiger partial charge is 0.416 e. The summed E-state index contributed by atoms with van der Waals surface area (Å²) in [6, 6.07) is 13.3. The second-order valence-electron chi connectivity index (χ2n) is 12.2. The zero-order valence-corrected chi connectivity index (χ0v) is 26.4.